The van der Waals surface area contributed by atoms with Crippen molar-refractivity contribution in [3.05, 3.63) is 30.1 Å². The zero-order chi connectivity index (χ0) is 14.0. The van der Waals surface area contributed by atoms with E-state index in [0.29, 0.717) is 25.1 Å². The second-order valence-electron chi connectivity index (χ2n) is 4.51. The maximum atomic E-state index is 12.8. The molecule has 6 heteroatoms. The van der Waals surface area contributed by atoms with E-state index in [4.69, 9.17) is 5.11 Å². The third-order valence-corrected chi connectivity index (χ3v) is 3.28. The molecule has 0 radical (unpaired) electrons. The van der Waals surface area contributed by atoms with Crippen LogP contribution in [-0.4, -0.2) is 41.6 Å². The van der Waals surface area contributed by atoms with Crippen LogP contribution in [-0.2, 0) is 4.79 Å². The Bertz CT molecular complexity index is 489. The van der Waals surface area contributed by atoms with Crippen molar-refractivity contribution in [2.75, 3.05) is 18.5 Å². The molecule has 1 unspecified atom stereocenters. The van der Waals surface area contributed by atoms with Gasteiger partial charge >= 0.3 is 12.0 Å². The van der Waals surface area contributed by atoms with E-state index >= 15 is 0 Å². The summed E-state index contributed by atoms with van der Waals surface area (Å²) in [5.74, 6) is -1.37. The molecule has 1 fully saturated rings. The summed E-state index contributed by atoms with van der Waals surface area (Å²) in [4.78, 5) is 26.0. The summed E-state index contributed by atoms with van der Waals surface area (Å²) in [6.07, 6.45) is 1.15. The highest BCUT2D eigenvalue weighted by Crippen LogP contribution is 2.22. The smallest absolute Gasteiger partial charge is 0.326 e. The lowest BCUT2D eigenvalue weighted by Crippen LogP contribution is -2.46. The summed E-state index contributed by atoms with van der Waals surface area (Å²) in [7, 11) is 1.55. The quantitative estimate of drug-likeness (QED) is 0.889. The van der Waals surface area contributed by atoms with Crippen molar-refractivity contribution in [2.24, 2.45) is 0 Å². The lowest BCUT2D eigenvalue weighted by molar-refractivity contribution is -0.141. The molecule has 1 heterocycles. The minimum Gasteiger partial charge on any atom is -0.480 e. The average molecular weight is 266 g/mol. The number of carboxylic acids is 1. The molecule has 5 nitrogen and oxygen atoms in total. The predicted octanol–water partition coefficient (Wildman–Crippen LogP) is 1.93. The van der Waals surface area contributed by atoms with Crippen molar-refractivity contribution < 1.29 is 19.1 Å². The molecule has 0 aliphatic carbocycles. The van der Waals surface area contributed by atoms with Gasteiger partial charge in [-0.05, 0) is 37.1 Å². The van der Waals surface area contributed by atoms with E-state index in [9.17, 15) is 14.0 Å². The van der Waals surface area contributed by atoms with Crippen molar-refractivity contribution in [1.29, 1.82) is 0 Å². The monoisotopic (exact) mass is 266 g/mol. The van der Waals surface area contributed by atoms with Crippen LogP contribution in [0.25, 0.3) is 0 Å². The van der Waals surface area contributed by atoms with Crippen LogP contribution in [0.3, 0.4) is 0 Å². The fourth-order valence-electron chi connectivity index (χ4n) is 2.22. The summed E-state index contributed by atoms with van der Waals surface area (Å²) in [6, 6.07) is 4.35. The summed E-state index contributed by atoms with van der Waals surface area (Å²) in [5.41, 5.74) is 0.530. The number of urea groups is 1. The summed E-state index contributed by atoms with van der Waals surface area (Å²) in [6.45, 7) is 0.432. The number of carbonyl (C=O) groups excluding carboxylic acids is 1. The fourth-order valence-corrected chi connectivity index (χ4v) is 2.22. The molecular weight excluding hydrogens is 251 g/mol. The van der Waals surface area contributed by atoms with Gasteiger partial charge in [-0.3, -0.25) is 4.90 Å². The number of rotatable bonds is 2. The number of carboxylic acid groups (broad SMARTS) is 1. The molecule has 0 spiro atoms. The molecule has 0 bridgehead atoms. The van der Waals surface area contributed by atoms with Gasteiger partial charge in [0.05, 0.1) is 0 Å². The highest BCUT2D eigenvalue weighted by molar-refractivity contribution is 5.94. The van der Waals surface area contributed by atoms with Crippen LogP contribution >= 0.6 is 0 Å². The molecule has 2 amide bonds. The van der Waals surface area contributed by atoms with E-state index in [1.54, 1.807) is 7.05 Å². The SMILES string of the molecule is CN(C(=O)N1CCCC1C(=O)O)c1ccc(F)cc1. The zero-order valence-electron chi connectivity index (χ0n) is 10.5. The number of carbonyl (C=O) groups is 2. The molecule has 1 atom stereocenters. The van der Waals surface area contributed by atoms with Crippen molar-refractivity contribution in [3.63, 3.8) is 0 Å². The van der Waals surface area contributed by atoms with Crippen molar-refractivity contribution >= 4 is 17.7 Å². The molecule has 1 aliphatic rings. The average Bonchev–Trinajstić information content (AvgIpc) is 2.87. The molecule has 102 valence electrons. The maximum absolute atomic E-state index is 12.8. The summed E-state index contributed by atoms with van der Waals surface area (Å²) in [5, 5.41) is 9.06. The Morgan fingerprint density at radius 3 is 2.58 bits per heavy atom. The highest BCUT2D eigenvalue weighted by Gasteiger charge is 2.35. The Labute approximate surface area is 110 Å². The van der Waals surface area contributed by atoms with Crippen LogP contribution in [0.15, 0.2) is 24.3 Å². The van der Waals surface area contributed by atoms with Crippen LogP contribution in [0.2, 0.25) is 0 Å². The Morgan fingerprint density at radius 2 is 2.00 bits per heavy atom. The molecule has 1 saturated heterocycles. The van der Waals surface area contributed by atoms with Crippen LogP contribution in [0.5, 0.6) is 0 Å². The van der Waals surface area contributed by atoms with Gasteiger partial charge in [-0.15, -0.1) is 0 Å². The topological polar surface area (TPSA) is 60.9 Å². The third-order valence-electron chi connectivity index (χ3n) is 3.28. The lowest BCUT2D eigenvalue weighted by atomic mass is 10.2. The van der Waals surface area contributed by atoms with E-state index in [1.165, 1.54) is 34.1 Å². The molecule has 2 rings (SSSR count). The van der Waals surface area contributed by atoms with Gasteiger partial charge in [0.2, 0.25) is 0 Å². The van der Waals surface area contributed by atoms with E-state index in [0.717, 1.165) is 0 Å². The standard InChI is InChI=1S/C13H15FN2O3/c1-15(10-6-4-9(14)5-7-10)13(19)16-8-2-3-11(16)12(17)18/h4-7,11H,2-3,8H2,1H3,(H,17,18). The number of halogens is 1. The number of benzene rings is 1. The van der Waals surface area contributed by atoms with Gasteiger partial charge in [0.25, 0.3) is 0 Å². The zero-order valence-corrected chi connectivity index (χ0v) is 10.5. The van der Waals surface area contributed by atoms with Crippen molar-refractivity contribution in [2.45, 2.75) is 18.9 Å². The number of anilines is 1. The number of aliphatic carboxylic acids is 1. The molecule has 1 aliphatic heterocycles. The summed E-state index contributed by atoms with van der Waals surface area (Å²) < 4.78 is 12.8. The normalized spacial score (nSPS) is 18.4. The second kappa shape index (κ2) is 5.26. The molecule has 19 heavy (non-hydrogen) atoms. The highest BCUT2D eigenvalue weighted by atomic mass is 19.1. The molecule has 1 N–H and O–H groups in total. The van der Waals surface area contributed by atoms with Gasteiger partial charge in [0, 0.05) is 19.3 Å². The van der Waals surface area contributed by atoms with E-state index in [-0.39, 0.29) is 11.8 Å². The van der Waals surface area contributed by atoms with Gasteiger partial charge in [-0.2, -0.15) is 0 Å². The third kappa shape index (κ3) is 2.67. The largest absolute Gasteiger partial charge is 0.480 e. The molecule has 1 aromatic carbocycles. The van der Waals surface area contributed by atoms with Gasteiger partial charge in [0.1, 0.15) is 11.9 Å². The maximum Gasteiger partial charge on any atom is 0.326 e. The Morgan fingerprint density at radius 1 is 1.37 bits per heavy atom. The van der Waals surface area contributed by atoms with Crippen molar-refractivity contribution in [1.82, 2.24) is 4.90 Å². The van der Waals surface area contributed by atoms with Crippen LogP contribution in [0, 0.1) is 5.82 Å². The fraction of sp³-hybridized carbons (Fsp3) is 0.385. The first-order valence-electron chi connectivity index (χ1n) is 6.03. The number of hydrogen-bond donors (Lipinski definition) is 1. The molecule has 1 aromatic rings. The van der Waals surface area contributed by atoms with Gasteiger partial charge in [0.15, 0.2) is 0 Å². The van der Waals surface area contributed by atoms with Crippen LogP contribution in [0.1, 0.15) is 12.8 Å². The number of amides is 2. The first-order valence-corrected chi connectivity index (χ1v) is 6.03. The van der Waals surface area contributed by atoms with Crippen LogP contribution in [0.4, 0.5) is 14.9 Å². The molecule has 0 aromatic heterocycles. The predicted molar refractivity (Wildman–Crippen MR) is 67.6 cm³/mol. The van der Waals surface area contributed by atoms with Gasteiger partial charge < -0.3 is 10.0 Å². The van der Waals surface area contributed by atoms with Gasteiger partial charge in [-0.1, -0.05) is 0 Å². The van der Waals surface area contributed by atoms with Crippen molar-refractivity contribution in [3.8, 4) is 0 Å². The number of nitrogens with zero attached hydrogens (tertiary/aromatic N) is 2. The first kappa shape index (κ1) is 13.3. The van der Waals surface area contributed by atoms with Crippen LogP contribution < -0.4 is 4.90 Å². The van der Waals surface area contributed by atoms with E-state index < -0.39 is 12.0 Å². The minimum absolute atomic E-state index is 0.378. The number of likely N-dealkylation sites (tertiary alicyclic amines) is 1. The first-order chi connectivity index (χ1) is 9.00. The molecule has 0 saturated carbocycles. The summed E-state index contributed by atoms with van der Waals surface area (Å²) >= 11 is 0. The minimum atomic E-state index is -0.988. The Hall–Kier alpha value is -2.11. The Kier molecular flexibility index (Phi) is 3.69. The van der Waals surface area contributed by atoms with E-state index in [2.05, 4.69) is 0 Å². The lowest BCUT2D eigenvalue weighted by Gasteiger charge is -2.27. The molecular formula is C13H15FN2O3. The Balaban J connectivity index is 2.14. The van der Waals surface area contributed by atoms with Gasteiger partial charge in [-0.25, -0.2) is 14.0 Å². The number of hydrogen-bond acceptors (Lipinski definition) is 2. The second-order valence-corrected chi connectivity index (χ2v) is 4.51. The van der Waals surface area contributed by atoms with E-state index in [1.807, 2.05) is 0 Å².